The molecular weight excluding hydrogens is 380 g/mol. The molecule has 0 radical (unpaired) electrons. The number of Topliss-reactive ketones (excluding diaryl/α,β-unsaturated/α-hetero) is 1. The van der Waals surface area contributed by atoms with E-state index in [9.17, 15) is 4.79 Å². The van der Waals surface area contributed by atoms with Gasteiger partial charge in [0.25, 0.3) is 0 Å². The molecule has 0 N–H and O–H groups in total. The van der Waals surface area contributed by atoms with Crippen molar-refractivity contribution in [2.75, 3.05) is 6.61 Å². The van der Waals surface area contributed by atoms with Gasteiger partial charge in [0, 0.05) is 17.0 Å². The fraction of sp³-hybridized carbons (Fsp3) is 0.261. The molecule has 0 saturated heterocycles. The standard InChI is InChI=1S/C23H22N4O3/c1-15-11-18(21(28)13-27-20-8-4-3-7-19(20)24-25-27)16(2)26(15)12-17-14-29-22-9-5-6-10-23(22)30-17/h3-11,17H,12-14H2,1-2H3/t17-/m0/s1. The first-order valence-corrected chi connectivity index (χ1v) is 9.97. The van der Waals surface area contributed by atoms with Crippen molar-refractivity contribution in [1.82, 2.24) is 19.6 Å². The van der Waals surface area contributed by atoms with Gasteiger partial charge >= 0.3 is 0 Å². The smallest absolute Gasteiger partial charge is 0.186 e. The molecule has 1 atom stereocenters. The van der Waals surface area contributed by atoms with Crippen molar-refractivity contribution < 1.29 is 14.3 Å². The Morgan fingerprint density at radius 1 is 1.10 bits per heavy atom. The first-order chi connectivity index (χ1) is 14.6. The van der Waals surface area contributed by atoms with Crippen LogP contribution >= 0.6 is 0 Å². The lowest BCUT2D eigenvalue weighted by Gasteiger charge is -2.27. The predicted molar refractivity (Wildman–Crippen MR) is 112 cm³/mol. The number of nitrogens with zero attached hydrogens (tertiary/aromatic N) is 4. The number of fused-ring (bicyclic) bond motifs is 2. The third kappa shape index (κ3) is 3.22. The summed E-state index contributed by atoms with van der Waals surface area (Å²) >= 11 is 0. The Labute approximate surface area is 173 Å². The summed E-state index contributed by atoms with van der Waals surface area (Å²) in [5.41, 5.74) is 4.27. The van der Waals surface area contributed by atoms with Crippen LogP contribution in [0, 0.1) is 13.8 Å². The number of ketones is 1. The molecule has 0 spiro atoms. The van der Waals surface area contributed by atoms with Crippen molar-refractivity contribution in [3.63, 3.8) is 0 Å². The van der Waals surface area contributed by atoms with Crippen molar-refractivity contribution in [3.8, 4) is 11.5 Å². The topological polar surface area (TPSA) is 71.2 Å². The highest BCUT2D eigenvalue weighted by molar-refractivity contribution is 5.97. The van der Waals surface area contributed by atoms with E-state index in [1.165, 1.54) is 0 Å². The molecule has 0 unspecified atom stereocenters. The Hall–Kier alpha value is -3.61. The number of ether oxygens (including phenoxy) is 2. The molecule has 0 fully saturated rings. The Morgan fingerprint density at radius 2 is 1.87 bits per heavy atom. The predicted octanol–water partition coefficient (Wildman–Crippen LogP) is 3.57. The maximum absolute atomic E-state index is 13.0. The maximum Gasteiger partial charge on any atom is 0.186 e. The van der Waals surface area contributed by atoms with Crippen LogP contribution in [0.2, 0.25) is 0 Å². The van der Waals surface area contributed by atoms with E-state index < -0.39 is 0 Å². The van der Waals surface area contributed by atoms with Gasteiger partial charge in [0.05, 0.1) is 12.1 Å². The minimum absolute atomic E-state index is 0.0103. The monoisotopic (exact) mass is 402 g/mol. The molecule has 0 bridgehead atoms. The number of carbonyl (C=O) groups excluding carboxylic acids is 1. The van der Waals surface area contributed by atoms with Crippen LogP contribution in [0.1, 0.15) is 21.7 Å². The third-order valence-corrected chi connectivity index (χ3v) is 5.54. The van der Waals surface area contributed by atoms with Gasteiger partial charge in [0.2, 0.25) is 0 Å². The van der Waals surface area contributed by atoms with Gasteiger partial charge in [-0.05, 0) is 44.2 Å². The van der Waals surface area contributed by atoms with Crippen LogP contribution in [0.5, 0.6) is 11.5 Å². The summed E-state index contributed by atoms with van der Waals surface area (Å²) in [4.78, 5) is 13.0. The minimum atomic E-state index is -0.119. The molecule has 4 aromatic rings. The summed E-state index contributed by atoms with van der Waals surface area (Å²) < 4.78 is 15.7. The van der Waals surface area contributed by atoms with Crippen LogP contribution < -0.4 is 9.47 Å². The highest BCUT2D eigenvalue weighted by Crippen LogP contribution is 2.31. The van der Waals surface area contributed by atoms with Crippen molar-refractivity contribution in [3.05, 3.63) is 71.5 Å². The van der Waals surface area contributed by atoms with Crippen molar-refractivity contribution >= 4 is 16.8 Å². The maximum atomic E-state index is 13.0. The van der Waals surface area contributed by atoms with Crippen LogP contribution in [0.4, 0.5) is 0 Å². The quantitative estimate of drug-likeness (QED) is 0.477. The third-order valence-electron chi connectivity index (χ3n) is 5.54. The molecule has 0 saturated carbocycles. The van der Waals surface area contributed by atoms with Gasteiger partial charge in [-0.3, -0.25) is 4.79 Å². The van der Waals surface area contributed by atoms with Crippen molar-refractivity contribution in [2.24, 2.45) is 0 Å². The van der Waals surface area contributed by atoms with E-state index in [2.05, 4.69) is 14.9 Å². The number of aryl methyl sites for hydroxylation is 1. The second-order valence-electron chi connectivity index (χ2n) is 7.55. The average Bonchev–Trinajstić information content (AvgIpc) is 3.29. The molecule has 0 amide bonds. The lowest BCUT2D eigenvalue weighted by atomic mass is 10.1. The summed E-state index contributed by atoms with van der Waals surface area (Å²) in [6.07, 6.45) is -0.119. The van der Waals surface area contributed by atoms with Gasteiger partial charge < -0.3 is 14.0 Å². The molecule has 3 heterocycles. The van der Waals surface area contributed by atoms with E-state index in [0.29, 0.717) is 18.7 Å². The first-order valence-electron chi connectivity index (χ1n) is 9.97. The van der Waals surface area contributed by atoms with Crippen LogP contribution in [0.3, 0.4) is 0 Å². The number of carbonyl (C=O) groups is 1. The Morgan fingerprint density at radius 3 is 2.73 bits per heavy atom. The van der Waals surface area contributed by atoms with E-state index in [4.69, 9.17) is 9.47 Å². The van der Waals surface area contributed by atoms with Gasteiger partial charge in [-0.25, -0.2) is 4.68 Å². The zero-order chi connectivity index (χ0) is 20.7. The molecule has 152 valence electrons. The van der Waals surface area contributed by atoms with Gasteiger partial charge in [-0.2, -0.15) is 0 Å². The molecule has 2 aromatic heterocycles. The zero-order valence-electron chi connectivity index (χ0n) is 16.9. The summed E-state index contributed by atoms with van der Waals surface area (Å²) in [6, 6.07) is 17.3. The molecule has 7 heteroatoms. The van der Waals surface area contributed by atoms with Crippen LogP contribution in [-0.4, -0.2) is 38.1 Å². The molecule has 0 aliphatic carbocycles. The van der Waals surface area contributed by atoms with E-state index in [1.54, 1.807) is 4.68 Å². The highest BCUT2D eigenvalue weighted by Gasteiger charge is 2.24. The number of benzene rings is 2. The lowest BCUT2D eigenvalue weighted by molar-refractivity contribution is 0.0777. The first kappa shape index (κ1) is 18.4. The van der Waals surface area contributed by atoms with Gasteiger partial charge in [-0.1, -0.05) is 29.5 Å². The summed E-state index contributed by atoms with van der Waals surface area (Å²) in [7, 11) is 0. The molecule has 2 aromatic carbocycles. The highest BCUT2D eigenvalue weighted by atomic mass is 16.6. The molecule has 7 nitrogen and oxygen atoms in total. The number of para-hydroxylation sites is 3. The van der Waals surface area contributed by atoms with E-state index in [-0.39, 0.29) is 18.4 Å². The van der Waals surface area contributed by atoms with Crippen LogP contribution in [0.25, 0.3) is 11.0 Å². The number of rotatable bonds is 5. The summed E-state index contributed by atoms with van der Waals surface area (Å²) in [6.45, 7) is 5.22. The largest absolute Gasteiger partial charge is 0.486 e. The average molecular weight is 402 g/mol. The second-order valence-corrected chi connectivity index (χ2v) is 7.55. The molecule has 5 rings (SSSR count). The SMILES string of the molecule is Cc1cc(C(=O)Cn2nnc3ccccc32)c(C)n1C[C@H]1COc2ccccc2O1. The van der Waals surface area contributed by atoms with E-state index in [0.717, 1.165) is 33.9 Å². The van der Waals surface area contributed by atoms with Gasteiger partial charge in [0.1, 0.15) is 18.7 Å². The van der Waals surface area contributed by atoms with Crippen LogP contribution in [0.15, 0.2) is 54.6 Å². The fourth-order valence-corrected chi connectivity index (χ4v) is 3.98. The van der Waals surface area contributed by atoms with Crippen LogP contribution in [-0.2, 0) is 13.1 Å². The van der Waals surface area contributed by atoms with E-state index >= 15 is 0 Å². The van der Waals surface area contributed by atoms with Crippen molar-refractivity contribution in [1.29, 1.82) is 0 Å². The number of hydrogen-bond donors (Lipinski definition) is 0. The Kier molecular flexibility index (Phi) is 4.50. The molecular formula is C23H22N4O3. The normalized spacial score (nSPS) is 15.5. The molecule has 1 aliphatic rings. The minimum Gasteiger partial charge on any atom is -0.486 e. The molecule has 30 heavy (non-hydrogen) atoms. The summed E-state index contributed by atoms with van der Waals surface area (Å²) in [5.74, 6) is 1.53. The Bertz CT molecular complexity index is 1240. The number of aromatic nitrogens is 4. The van der Waals surface area contributed by atoms with Gasteiger partial charge in [-0.15, -0.1) is 5.10 Å². The summed E-state index contributed by atoms with van der Waals surface area (Å²) in [5, 5.41) is 8.27. The number of hydrogen-bond acceptors (Lipinski definition) is 5. The van der Waals surface area contributed by atoms with E-state index in [1.807, 2.05) is 68.4 Å². The fourth-order valence-electron chi connectivity index (χ4n) is 3.98. The zero-order valence-corrected chi connectivity index (χ0v) is 16.9. The van der Waals surface area contributed by atoms with Crippen molar-refractivity contribution in [2.45, 2.75) is 33.0 Å². The lowest BCUT2D eigenvalue weighted by Crippen LogP contribution is -2.33. The molecule has 1 aliphatic heterocycles. The Balaban J connectivity index is 1.35. The van der Waals surface area contributed by atoms with Gasteiger partial charge in [0.15, 0.2) is 23.4 Å². The second kappa shape index (κ2) is 7.33.